The van der Waals surface area contributed by atoms with E-state index in [4.69, 9.17) is 10.2 Å². The molecule has 0 unspecified atom stereocenters. The predicted octanol–water partition coefficient (Wildman–Crippen LogP) is -1.06. The van der Waals surface area contributed by atoms with Crippen LogP contribution < -0.4 is 10.5 Å². The minimum Gasteiger partial charge on any atom is -0.396 e. The lowest BCUT2D eigenvalue weighted by molar-refractivity contribution is -0.121. The number of aliphatic hydroxyl groups is 1. The van der Waals surface area contributed by atoms with Crippen molar-refractivity contribution < 1.29 is 18.3 Å². The van der Waals surface area contributed by atoms with E-state index in [-0.39, 0.29) is 18.3 Å². The highest BCUT2D eigenvalue weighted by atomic mass is 32.2. The molecule has 7 heteroatoms. The Hall–Kier alpha value is -0.660. The summed E-state index contributed by atoms with van der Waals surface area (Å²) >= 11 is 0. The van der Waals surface area contributed by atoms with E-state index in [1.807, 2.05) is 0 Å². The van der Waals surface area contributed by atoms with Crippen molar-refractivity contribution in [3.8, 4) is 0 Å². The molecule has 0 spiro atoms. The SMILES string of the molecule is NS(=O)(=O)CCCNC(=O)CCCCO. The van der Waals surface area contributed by atoms with Crippen LogP contribution in [0.5, 0.6) is 0 Å². The van der Waals surface area contributed by atoms with Crippen LogP contribution in [0.4, 0.5) is 0 Å². The molecular formula is C8H18N2O4S. The Kier molecular flexibility index (Phi) is 7.27. The second kappa shape index (κ2) is 7.61. The minimum atomic E-state index is -3.43. The van der Waals surface area contributed by atoms with Gasteiger partial charge in [-0.25, -0.2) is 13.6 Å². The number of carbonyl (C=O) groups excluding carboxylic acids is 1. The molecule has 0 atom stereocenters. The summed E-state index contributed by atoms with van der Waals surface area (Å²) in [4.78, 5) is 11.1. The summed E-state index contributed by atoms with van der Waals surface area (Å²) in [5, 5.41) is 15.8. The van der Waals surface area contributed by atoms with Crippen LogP contribution in [0.2, 0.25) is 0 Å². The number of nitrogens with one attached hydrogen (secondary N) is 1. The molecule has 0 bridgehead atoms. The number of hydrogen-bond donors (Lipinski definition) is 3. The quantitative estimate of drug-likeness (QED) is 0.468. The Morgan fingerprint density at radius 3 is 2.47 bits per heavy atom. The first-order valence-electron chi connectivity index (χ1n) is 4.84. The number of hydrogen-bond acceptors (Lipinski definition) is 4. The van der Waals surface area contributed by atoms with Gasteiger partial charge in [0.05, 0.1) is 5.75 Å². The molecule has 0 aliphatic carbocycles. The topological polar surface area (TPSA) is 109 Å². The molecule has 6 nitrogen and oxygen atoms in total. The van der Waals surface area contributed by atoms with Crippen molar-refractivity contribution in [2.24, 2.45) is 5.14 Å². The molecule has 4 N–H and O–H groups in total. The number of unbranched alkanes of at least 4 members (excludes halogenated alkanes) is 1. The molecule has 0 aromatic heterocycles. The average molecular weight is 238 g/mol. The third kappa shape index (κ3) is 11.3. The lowest BCUT2D eigenvalue weighted by Crippen LogP contribution is -2.27. The maximum absolute atomic E-state index is 11.1. The zero-order chi connectivity index (χ0) is 11.7. The van der Waals surface area contributed by atoms with Crippen molar-refractivity contribution in [2.75, 3.05) is 18.9 Å². The molecule has 0 saturated carbocycles. The van der Waals surface area contributed by atoms with Crippen molar-refractivity contribution in [3.63, 3.8) is 0 Å². The van der Waals surface area contributed by atoms with Crippen molar-refractivity contribution in [2.45, 2.75) is 25.7 Å². The summed E-state index contributed by atoms with van der Waals surface area (Å²) in [6.45, 7) is 0.396. The van der Waals surface area contributed by atoms with Crippen molar-refractivity contribution >= 4 is 15.9 Å². The summed E-state index contributed by atoms with van der Waals surface area (Å²) < 4.78 is 21.0. The molecule has 15 heavy (non-hydrogen) atoms. The summed E-state index contributed by atoms with van der Waals surface area (Å²) in [6.07, 6.45) is 1.92. The van der Waals surface area contributed by atoms with Crippen LogP contribution in [-0.4, -0.2) is 38.3 Å². The molecule has 0 fully saturated rings. The number of nitrogens with two attached hydrogens (primary N) is 1. The second-order valence-corrected chi connectivity index (χ2v) is 4.99. The van der Waals surface area contributed by atoms with Gasteiger partial charge in [0.2, 0.25) is 15.9 Å². The van der Waals surface area contributed by atoms with Crippen molar-refractivity contribution in [1.29, 1.82) is 0 Å². The van der Waals surface area contributed by atoms with Gasteiger partial charge in [0.15, 0.2) is 0 Å². The smallest absolute Gasteiger partial charge is 0.219 e. The van der Waals surface area contributed by atoms with Gasteiger partial charge in [-0.05, 0) is 19.3 Å². The van der Waals surface area contributed by atoms with Gasteiger partial charge in [0.25, 0.3) is 0 Å². The molecule has 0 heterocycles. The molecule has 0 aromatic carbocycles. The van der Waals surface area contributed by atoms with E-state index < -0.39 is 10.0 Å². The second-order valence-electron chi connectivity index (χ2n) is 3.25. The van der Waals surface area contributed by atoms with Gasteiger partial charge in [0, 0.05) is 19.6 Å². The number of sulfonamides is 1. The predicted molar refractivity (Wildman–Crippen MR) is 56.5 cm³/mol. The molecular weight excluding hydrogens is 220 g/mol. The van der Waals surface area contributed by atoms with Crippen molar-refractivity contribution in [3.05, 3.63) is 0 Å². The van der Waals surface area contributed by atoms with E-state index >= 15 is 0 Å². The van der Waals surface area contributed by atoms with Crippen LogP contribution >= 0.6 is 0 Å². The first kappa shape index (κ1) is 14.3. The summed E-state index contributed by atoms with van der Waals surface area (Å²) in [5.74, 6) is -0.248. The molecule has 90 valence electrons. The Balaban J connectivity index is 3.39. The third-order valence-electron chi connectivity index (χ3n) is 1.74. The van der Waals surface area contributed by atoms with E-state index in [2.05, 4.69) is 5.32 Å². The molecule has 1 amide bonds. The monoisotopic (exact) mass is 238 g/mol. The minimum absolute atomic E-state index is 0.0820. The standard InChI is InChI=1S/C8H18N2O4S/c9-15(13,14)7-3-5-10-8(12)4-1-2-6-11/h11H,1-7H2,(H,10,12)(H2,9,13,14). The van der Waals surface area contributed by atoms with Gasteiger partial charge in [-0.1, -0.05) is 0 Å². The Labute approximate surface area is 89.9 Å². The van der Waals surface area contributed by atoms with Crippen LogP contribution in [0.25, 0.3) is 0 Å². The Bertz CT molecular complexity index is 276. The number of primary sulfonamides is 1. The average Bonchev–Trinajstić information content (AvgIpc) is 2.11. The third-order valence-corrected chi connectivity index (χ3v) is 2.60. The zero-order valence-corrected chi connectivity index (χ0v) is 9.42. The normalized spacial score (nSPS) is 11.3. The highest BCUT2D eigenvalue weighted by molar-refractivity contribution is 7.89. The molecule has 0 aliphatic heterocycles. The fourth-order valence-corrected chi connectivity index (χ4v) is 1.53. The Morgan fingerprint density at radius 1 is 1.27 bits per heavy atom. The van der Waals surface area contributed by atoms with Crippen LogP contribution in [0.3, 0.4) is 0 Å². The van der Waals surface area contributed by atoms with Gasteiger partial charge < -0.3 is 10.4 Å². The van der Waals surface area contributed by atoms with E-state index in [1.165, 1.54) is 0 Å². The molecule has 0 saturated heterocycles. The van der Waals surface area contributed by atoms with E-state index in [9.17, 15) is 13.2 Å². The van der Waals surface area contributed by atoms with Crippen LogP contribution in [0.1, 0.15) is 25.7 Å². The van der Waals surface area contributed by atoms with Crippen LogP contribution in [-0.2, 0) is 14.8 Å². The summed E-state index contributed by atoms with van der Waals surface area (Å²) in [6, 6.07) is 0. The highest BCUT2D eigenvalue weighted by Gasteiger charge is 2.03. The maximum atomic E-state index is 11.1. The fraction of sp³-hybridized carbons (Fsp3) is 0.875. The van der Waals surface area contributed by atoms with Gasteiger partial charge in [0.1, 0.15) is 0 Å². The molecule has 0 aliphatic rings. The van der Waals surface area contributed by atoms with Crippen LogP contribution in [0.15, 0.2) is 0 Å². The largest absolute Gasteiger partial charge is 0.396 e. The molecule has 0 radical (unpaired) electrons. The number of rotatable bonds is 8. The first-order valence-corrected chi connectivity index (χ1v) is 6.55. The van der Waals surface area contributed by atoms with Gasteiger partial charge in [-0.2, -0.15) is 0 Å². The highest BCUT2D eigenvalue weighted by Crippen LogP contribution is 1.93. The summed E-state index contributed by atoms with van der Waals surface area (Å²) in [5.41, 5.74) is 0. The lowest BCUT2D eigenvalue weighted by Gasteiger charge is -2.03. The first-order chi connectivity index (χ1) is 6.95. The zero-order valence-electron chi connectivity index (χ0n) is 8.61. The fourth-order valence-electron chi connectivity index (χ4n) is 0.987. The van der Waals surface area contributed by atoms with Crippen LogP contribution in [0, 0.1) is 0 Å². The molecule has 0 aromatic rings. The van der Waals surface area contributed by atoms with E-state index in [0.717, 1.165) is 0 Å². The van der Waals surface area contributed by atoms with Gasteiger partial charge in [-0.3, -0.25) is 4.79 Å². The van der Waals surface area contributed by atoms with E-state index in [0.29, 0.717) is 32.2 Å². The molecule has 0 rings (SSSR count). The Morgan fingerprint density at radius 2 is 1.93 bits per heavy atom. The van der Waals surface area contributed by atoms with Crippen molar-refractivity contribution in [1.82, 2.24) is 5.32 Å². The van der Waals surface area contributed by atoms with E-state index in [1.54, 1.807) is 0 Å². The number of aliphatic hydroxyl groups excluding tert-OH is 1. The lowest BCUT2D eigenvalue weighted by atomic mass is 10.2. The summed E-state index contributed by atoms with van der Waals surface area (Å²) in [7, 11) is -3.43. The van der Waals surface area contributed by atoms with Gasteiger partial charge in [-0.15, -0.1) is 0 Å². The number of amides is 1. The number of carbonyl (C=O) groups is 1. The maximum Gasteiger partial charge on any atom is 0.219 e. The van der Waals surface area contributed by atoms with Gasteiger partial charge >= 0.3 is 0 Å².